The van der Waals surface area contributed by atoms with E-state index in [1.54, 1.807) is 0 Å². The number of carbonyl (C=O) groups excluding carboxylic acids is 2. The van der Waals surface area contributed by atoms with Crippen LogP contribution in [0.2, 0.25) is 0 Å². The van der Waals surface area contributed by atoms with Crippen molar-refractivity contribution >= 4 is 36.8 Å². The number of methoxy groups -OCH3 is 2. The van der Waals surface area contributed by atoms with Crippen molar-refractivity contribution in [1.82, 2.24) is 24.8 Å². The van der Waals surface area contributed by atoms with E-state index in [4.69, 9.17) is 20.9 Å². The Bertz CT molecular complexity index is 1120. The van der Waals surface area contributed by atoms with Crippen molar-refractivity contribution in [2.24, 2.45) is 5.50 Å². The van der Waals surface area contributed by atoms with Crippen molar-refractivity contribution < 1.29 is 42.9 Å². The number of aliphatic hydroxyl groups excluding tert-OH is 1. The van der Waals surface area contributed by atoms with Crippen LogP contribution in [0.1, 0.15) is 25.5 Å². The number of ether oxygens (including phenoxy) is 3. The maximum Gasteiger partial charge on any atom is 0.400 e. The fraction of sp³-hybridized carbons (Fsp3) is 0.611. The van der Waals surface area contributed by atoms with Crippen LogP contribution in [0.15, 0.2) is 11.1 Å². The Balaban J connectivity index is 0.000000302. The Labute approximate surface area is 204 Å². The number of aromatic nitrogens is 4. The normalized spacial score (nSPS) is 20.9. The molecule has 2 aromatic heterocycles. The predicted octanol–water partition coefficient (Wildman–Crippen LogP) is -1.87. The molecule has 2 aromatic rings. The lowest BCUT2D eigenvalue weighted by molar-refractivity contribution is -0.140. The van der Waals surface area contributed by atoms with E-state index in [0.29, 0.717) is 25.9 Å². The second-order valence-electron chi connectivity index (χ2n) is 7.47. The smallest absolute Gasteiger partial charge is 0.400 e. The number of nitrogens with one attached hydrogen (secondary N) is 2. The Morgan fingerprint density at radius 3 is 2.47 bits per heavy atom. The van der Waals surface area contributed by atoms with Gasteiger partial charge in [0, 0.05) is 19.5 Å². The first-order valence-corrected chi connectivity index (χ1v) is 12.3. The van der Waals surface area contributed by atoms with Crippen molar-refractivity contribution in [3.63, 3.8) is 0 Å². The van der Waals surface area contributed by atoms with Gasteiger partial charge < -0.3 is 35.3 Å². The molecule has 3 heterocycles. The lowest BCUT2D eigenvalue weighted by atomic mass is 10.2. The van der Waals surface area contributed by atoms with Gasteiger partial charge in [0.25, 0.3) is 5.56 Å². The number of hydrogen-bond acceptors (Lipinski definition) is 13. The molecule has 1 fully saturated rings. The summed E-state index contributed by atoms with van der Waals surface area (Å²) in [4.78, 5) is 52.1. The number of rotatable bonds is 10. The molecule has 17 nitrogen and oxygen atoms in total. The van der Waals surface area contributed by atoms with Gasteiger partial charge in [-0.3, -0.25) is 28.5 Å². The van der Waals surface area contributed by atoms with Crippen molar-refractivity contribution in [2.75, 3.05) is 39.6 Å². The van der Waals surface area contributed by atoms with Crippen molar-refractivity contribution in [3.05, 3.63) is 16.7 Å². The average molecular weight is 535 g/mol. The highest BCUT2D eigenvalue weighted by atomic mass is 31.2. The molecular formula is C18H30N7O10P. The average Bonchev–Trinajstić information content (AvgIpc) is 3.40. The lowest BCUT2D eigenvalue weighted by Crippen LogP contribution is -2.26. The van der Waals surface area contributed by atoms with Crippen LogP contribution >= 0.6 is 7.75 Å². The molecule has 1 aliphatic heterocycles. The summed E-state index contributed by atoms with van der Waals surface area (Å²) in [5.41, 5.74) is 10.2. The topological polar surface area (TPSA) is 256 Å². The van der Waals surface area contributed by atoms with Crippen molar-refractivity contribution in [3.8, 4) is 0 Å². The van der Waals surface area contributed by atoms with Gasteiger partial charge in [0.05, 0.1) is 46.1 Å². The first-order chi connectivity index (χ1) is 16.9. The van der Waals surface area contributed by atoms with Gasteiger partial charge in [-0.1, -0.05) is 0 Å². The highest BCUT2D eigenvalue weighted by molar-refractivity contribution is 7.50. The number of esters is 2. The molecule has 0 aliphatic carbocycles. The molecule has 0 amide bonds. The van der Waals surface area contributed by atoms with E-state index in [9.17, 15) is 24.1 Å². The molecule has 1 aliphatic rings. The minimum absolute atomic E-state index is 0.0768. The van der Waals surface area contributed by atoms with Crippen LogP contribution < -0.4 is 22.1 Å². The van der Waals surface area contributed by atoms with Gasteiger partial charge in [-0.25, -0.2) is 15.1 Å². The quantitative estimate of drug-likeness (QED) is 0.111. The second-order valence-corrected chi connectivity index (χ2v) is 8.86. The summed E-state index contributed by atoms with van der Waals surface area (Å²) in [6.07, 6.45) is -0.381. The molecule has 18 heteroatoms. The molecule has 1 unspecified atom stereocenters. The highest BCUT2D eigenvalue weighted by Crippen LogP contribution is 2.35. The van der Waals surface area contributed by atoms with E-state index in [2.05, 4.69) is 34.3 Å². The van der Waals surface area contributed by atoms with Crippen LogP contribution in [0, 0.1) is 0 Å². The monoisotopic (exact) mass is 535 g/mol. The summed E-state index contributed by atoms with van der Waals surface area (Å²) in [6, 6.07) is 0. The lowest BCUT2D eigenvalue weighted by Gasteiger charge is -2.16. The molecule has 0 saturated carbocycles. The zero-order chi connectivity index (χ0) is 26.9. The highest BCUT2D eigenvalue weighted by Gasteiger charge is 2.37. The van der Waals surface area contributed by atoms with E-state index >= 15 is 0 Å². The Morgan fingerprint density at radius 1 is 1.31 bits per heavy atom. The maximum atomic E-state index is 11.7. The summed E-state index contributed by atoms with van der Waals surface area (Å²) in [7, 11) is -1.47. The molecule has 0 radical (unpaired) electrons. The molecule has 1 saturated heterocycles. The third kappa shape index (κ3) is 8.94. The van der Waals surface area contributed by atoms with Crippen LogP contribution in [0.5, 0.6) is 0 Å². The Hall–Kier alpha value is -2.92. The van der Waals surface area contributed by atoms with Gasteiger partial charge in [0.1, 0.15) is 12.3 Å². The summed E-state index contributed by atoms with van der Waals surface area (Å²) in [5, 5.41) is 12.9. The van der Waals surface area contributed by atoms with E-state index in [-0.39, 0.29) is 42.1 Å². The molecule has 0 aromatic carbocycles. The maximum absolute atomic E-state index is 11.7. The summed E-state index contributed by atoms with van der Waals surface area (Å²) in [6.45, 7) is 0.679. The van der Waals surface area contributed by atoms with Gasteiger partial charge in [0.15, 0.2) is 11.2 Å². The number of nitrogens with two attached hydrogens (primary N) is 2. The zero-order valence-electron chi connectivity index (χ0n) is 19.7. The number of carbonyl (C=O) groups is 2. The van der Waals surface area contributed by atoms with Gasteiger partial charge >= 0.3 is 19.7 Å². The van der Waals surface area contributed by atoms with E-state index < -0.39 is 31.7 Å². The number of imidazole rings is 1. The Kier molecular flexibility index (Phi) is 10.9. The van der Waals surface area contributed by atoms with E-state index in [0.717, 1.165) is 0 Å². The van der Waals surface area contributed by atoms with Gasteiger partial charge in [0.2, 0.25) is 5.95 Å². The number of aliphatic hydroxyl groups is 1. The predicted molar refractivity (Wildman–Crippen MR) is 123 cm³/mol. The number of nitrogen functional groups attached to an aromatic ring is 1. The van der Waals surface area contributed by atoms with Gasteiger partial charge in [-0.05, 0) is 0 Å². The number of anilines is 1. The zero-order valence-corrected chi connectivity index (χ0v) is 20.6. The number of nitrogens with zero attached hydrogens (tertiary/aromatic N) is 3. The number of H-pyrrole nitrogens is 1. The summed E-state index contributed by atoms with van der Waals surface area (Å²) < 4.78 is 31.4. The molecule has 8 N–H and O–H groups in total. The minimum atomic E-state index is -4.16. The van der Waals surface area contributed by atoms with Crippen LogP contribution in [0.3, 0.4) is 0 Å². The SMILES string of the molecule is COC(=O)CCNCCC(=O)OC.Nc1nc2c(ncn2[C@H]2C[C@H](O)[C@@H](COP(N)(=O)O)O2)c(=O)[nH]1. The number of aromatic amines is 1. The molecule has 4 atom stereocenters. The molecule has 36 heavy (non-hydrogen) atoms. The summed E-state index contributed by atoms with van der Waals surface area (Å²) in [5.74, 6) is -0.594. The minimum Gasteiger partial charge on any atom is -0.469 e. The fourth-order valence-corrected chi connectivity index (χ4v) is 3.44. The first-order valence-electron chi connectivity index (χ1n) is 10.6. The number of fused-ring (bicyclic) bond motifs is 1. The first kappa shape index (κ1) is 29.3. The third-order valence-corrected chi connectivity index (χ3v) is 5.38. The second kappa shape index (κ2) is 13.4. The van der Waals surface area contributed by atoms with Crippen molar-refractivity contribution in [2.45, 2.75) is 37.7 Å². The van der Waals surface area contributed by atoms with E-state index in [1.165, 1.54) is 25.1 Å². The molecule has 3 rings (SSSR count). The fourth-order valence-electron chi connectivity index (χ4n) is 3.08. The largest absolute Gasteiger partial charge is 0.469 e. The van der Waals surface area contributed by atoms with Gasteiger partial charge in [-0.15, -0.1) is 0 Å². The van der Waals surface area contributed by atoms with Crippen LogP contribution in [-0.2, 0) is 32.9 Å². The standard InChI is InChI=1S/C10H15N6O6P.C8H15NO4/c11-10-14-8-7(9(18)15-10)13-3-16(8)6-1-4(17)5(22-6)2-21-23(12,19)20;1-12-7(10)3-5-9-6-4-8(11)13-2/h3-6,17H,1-2H2,(H3,12,19,20)(H3,11,14,15,18);9H,3-6H2,1-2H3/t4-,5+,6+;/m0./s1. The van der Waals surface area contributed by atoms with Crippen molar-refractivity contribution in [1.29, 1.82) is 0 Å². The van der Waals surface area contributed by atoms with Crippen LogP contribution in [-0.4, -0.2) is 87.6 Å². The molecule has 202 valence electrons. The van der Waals surface area contributed by atoms with Gasteiger partial charge in [-0.2, -0.15) is 4.98 Å². The summed E-state index contributed by atoms with van der Waals surface area (Å²) >= 11 is 0. The molecular weight excluding hydrogens is 505 g/mol. The Morgan fingerprint density at radius 2 is 1.92 bits per heavy atom. The van der Waals surface area contributed by atoms with Crippen LogP contribution in [0.4, 0.5) is 5.95 Å². The van der Waals surface area contributed by atoms with E-state index in [1.807, 2.05) is 0 Å². The van der Waals surface area contributed by atoms with Crippen LogP contribution in [0.25, 0.3) is 11.2 Å². The number of hydrogen-bond donors (Lipinski definition) is 6. The third-order valence-electron chi connectivity index (χ3n) is 4.86. The molecule has 0 bridgehead atoms. The molecule has 0 spiro atoms.